The molecule has 0 heterocycles. The maximum absolute atomic E-state index is 10.1. The van der Waals surface area contributed by atoms with Crippen molar-refractivity contribution in [1.82, 2.24) is 0 Å². The van der Waals surface area contributed by atoms with E-state index >= 15 is 0 Å². The van der Waals surface area contributed by atoms with E-state index in [2.05, 4.69) is 24.3 Å². The zero-order valence-corrected chi connectivity index (χ0v) is 47.3. The highest BCUT2D eigenvalue weighted by molar-refractivity contribution is 6.43. The van der Waals surface area contributed by atoms with Gasteiger partial charge >= 0.3 is 0 Å². The van der Waals surface area contributed by atoms with E-state index in [9.17, 15) is 20.4 Å². The molecule has 0 aromatic heterocycles. The molecule has 4 aliphatic rings. The van der Waals surface area contributed by atoms with Gasteiger partial charge in [-0.05, 0) is 167 Å². The predicted molar refractivity (Wildman–Crippen MR) is 316 cm³/mol. The molecule has 4 nitrogen and oxygen atoms in total. The maximum atomic E-state index is 10.1. The van der Waals surface area contributed by atoms with Gasteiger partial charge in [0.15, 0.2) is 0 Å². The van der Waals surface area contributed by atoms with Gasteiger partial charge in [0, 0.05) is 23.7 Å². The van der Waals surface area contributed by atoms with Gasteiger partial charge < -0.3 is 20.4 Å². The molecule has 0 aliphatic heterocycles. The molecule has 0 saturated carbocycles. The standard InChI is InChI=1S/4C16H14Cl2O/c4*17-14-7-5-10(9-15(14)18)11-6-8-16(19)13-4-2-1-3-12(11)13/h4*1-5,7,9,11,16,19H,6,8H2/t2*11-,16+;2*11-,16-/m1010/s1. The Bertz CT molecular complexity index is 2870. The number of rotatable bonds is 4. The lowest BCUT2D eigenvalue weighted by molar-refractivity contribution is 0.153. The summed E-state index contributed by atoms with van der Waals surface area (Å²) >= 11 is 48.3. The lowest BCUT2D eigenvalue weighted by Crippen LogP contribution is -2.15. The molecule has 4 N–H and O–H groups in total. The molecule has 12 heteroatoms. The number of hydrogen-bond donors (Lipinski definition) is 4. The third kappa shape index (κ3) is 13.0. The zero-order chi connectivity index (χ0) is 53.6. The molecule has 4 aliphatic carbocycles. The van der Waals surface area contributed by atoms with E-state index in [1.165, 1.54) is 22.3 Å². The van der Waals surface area contributed by atoms with Crippen molar-refractivity contribution in [2.75, 3.05) is 0 Å². The molecular formula is C64H56Cl8O4. The number of halogens is 8. The highest BCUT2D eigenvalue weighted by Gasteiger charge is 2.30. The van der Waals surface area contributed by atoms with Crippen LogP contribution in [0.5, 0.6) is 0 Å². The molecule has 0 saturated heterocycles. The molecule has 0 unspecified atom stereocenters. The van der Waals surface area contributed by atoms with Crippen molar-refractivity contribution >= 4 is 92.8 Å². The van der Waals surface area contributed by atoms with Gasteiger partial charge in [0.25, 0.3) is 0 Å². The summed E-state index contributed by atoms with van der Waals surface area (Å²) in [6.07, 6.45) is 5.42. The fourth-order valence-corrected chi connectivity index (χ4v) is 12.6. The van der Waals surface area contributed by atoms with Crippen LogP contribution in [0.25, 0.3) is 0 Å². The summed E-state index contributed by atoms with van der Waals surface area (Å²) in [4.78, 5) is 0. The van der Waals surface area contributed by atoms with E-state index in [0.717, 1.165) is 95.9 Å². The van der Waals surface area contributed by atoms with Gasteiger partial charge in [0.2, 0.25) is 0 Å². The molecule has 8 aromatic carbocycles. The summed E-state index contributed by atoms with van der Waals surface area (Å²) in [6.45, 7) is 0. The first-order chi connectivity index (χ1) is 36.7. The van der Waals surface area contributed by atoms with Crippen molar-refractivity contribution in [2.24, 2.45) is 0 Å². The number of fused-ring (bicyclic) bond motifs is 4. The lowest BCUT2D eigenvalue weighted by atomic mass is 9.78. The third-order valence-corrected chi connectivity index (χ3v) is 18.2. The molecule has 8 atom stereocenters. The monoisotopic (exact) mass is 1170 g/mol. The van der Waals surface area contributed by atoms with E-state index in [-0.39, 0.29) is 48.1 Å². The summed E-state index contributed by atoms with van der Waals surface area (Å²) in [5.74, 6) is 1.15. The maximum Gasteiger partial charge on any atom is 0.0793 e. The summed E-state index contributed by atoms with van der Waals surface area (Å²) in [5, 5.41) is 45.0. The Morgan fingerprint density at radius 2 is 0.408 bits per heavy atom. The topological polar surface area (TPSA) is 80.9 Å². The highest BCUT2D eigenvalue weighted by Crippen LogP contribution is 2.46. The van der Waals surface area contributed by atoms with Crippen molar-refractivity contribution in [2.45, 2.75) is 99.5 Å². The number of aliphatic hydroxyl groups excluding tert-OH is 4. The Morgan fingerprint density at radius 3 is 0.592 bits per heavy atom. The fraction of sp³-hybridized carbons (Fsp3) is 0.250. The quantitative estimate of drug-likeness (QED) is 0.142. The van der Waals surface area contributed by atoms with Gasteiger partial charge in [0.1, 0.15) is 0 Å². The molecule has 12 rings (SSSR count). The van der Waals surface area contributed by atoms with Crippen LogP contribution >= 0.6 is 92.8 Å². The first kappa shape index (κ1) is 56.6. The summed E-state index contributed by atoms with van der Waals surface area (Å²) in [6, 6.07) is 55.5. The van der Waals surface area contributed by atoms with Crippen molar-refractivity contribution in [3.8, 4) is 0 Å². The average Bonchev–Trinajstić information content (AvgIpc) is 3.44. The normalized spacial score (nSPS) is 22.1. The van der Waals surface area contributed by atoms with Crippen molar-refractivity contribution in [3.63, 3.8) is 0 Å². The molecule has 392 valence electrons. The summed E-state index contributed by atoms with van der Waals surface area (Å²) < 4.78 is 0. The van der Waals surface area contributed by atoms with Gasteiger partial charge in [-0.1, -0.05) is 214 Å². The minimum Gasteiger partial charge on any atom is -0.388 e. The van der Waals surface area contributed by atoms with Crippen molar-refractivity contribution in [1.29, 1.82) is 0 Å². The van der Waals surface area contributed by atoms with Crippen LogP contribution in [0.15, 0.2) is 170 Å². The molecular weight excluding hydrogens is 1120 g/mol. The van der Waals surface area contributed by atoms with Crippen LogP contribution in [0, 0.1) is 0 Å². The Hall–Kier alpha value is -4.08. The number of aliphatic hydroxyl groups is 4. The Balaban J connectivity index is 0.000000124. The molecule has 76 heavy (non-hydrogen) atoms. The first-order valence-electron chi connectivity index (χ1n) is 25.5. The molecule has 0 fully saturated rings. The van der Waals surface area contributed by atoms with Gasteiger partial charge in [-0.3, -0.25) is 0 Å². The fourth-order valence-electron chi connectivity index (χ4n) is 11.4. The predicted octanol–water partition coefficient (Wildman–Crippen LogP) is 19.8. The van der Waals surface area contributed by atoms with E-state index in [4.69, 9.17) is 92.8 Å². The van der Waals surface area contributed by atoms with Crippen LogP contribution in [0.2, 0.25) is 40.2 Å². The number of hydrogen-bond acceptors (Lipinski definition) is 4. The second-order valence-electron chi connectivity index (χ2n) is 19.8. The van der Waals surface area contributed by atoms with Crippen LogP contribution in [0.3, 0.4) is 0 Å². The van der Waals surface area contributed by atoms with E-state index in [0.29, 0.717) is 40.2 Å². The molecule has 0 bridgehead atoms. The largest absolute Gasteiger partial charge is 0.388 e. The van der Waals surface area contributed by atoms with Crippen LogP contribution in [0.4, 0.5) is 0 Å². The van der Waals surface area contributed by atoms with Gasteiger partial charge in [-0.15, -0.1) is 0 Å². The summed E-state index contributed by atoms with van der Waals surface area (Å²) in [5.41, 5.74) is 13.5. The van der Waals surface area contributed by atoms with Crippen molar-refractivity contribution < 1.29 is 20.4 Å². The molecule has 0 spiro atoms. The Kier molecular flexibility index (Phi) is 19.2. The van der Waals surface area contributed by atoms with Crippen LogP contribution in [0.1, 0.15) is 166 Å². The van der Waals surface area contributed by atoms with Crippen molar-refractivity contribution in [3.05, 3.63) is 277 Å². The van der Waals surface area contributed by atoms with Gasteiger partial charge in [-0.25, -0.2) is 0 Å². The molecule has 0 amide bonds. The molecule has 0 radical (unpaired) electrons. The second kappa shape index (κ2) is 25.8. The van der Waals surface area contributed by atoms with E-state index < -0.39 is 0 Å². The minimum atomic E-state index is -0.352. The number of benzene rings is 8. The summed E-state index contributed by atoms with van der Waals surface area (Å²) in [7, 11) is 0. The third-order valence-electron chi connectivity index (χ3n) is 15.2. The van der Waals surface area contributed by atoms with E-state index in [1.807, 2.05) is 146 Å². The highest BCUT2D eigenvalue weighted by atomic mass is 35.5. The van der Waals surface area contributed by atoms with Crippen LogP contribution in [-0.4, -0.2) is 20.4 Å². The SMILES string of the molecule is O[C@@H]1CC[C@@H](c2ccc(Cl)c(Cl)c2)c2ccccc21.O[C@@H]1CC[C@H](c2ccc(Cl)c(Cl)c2)c2ccccc21.O[C@H]1CC[C@@H](c2ccc(Cl)c(Cl)c2)c2ccccc21.O[C@H]1CC[C@H](c2ccc(Cl)c(Cl)c2)c2ccccc21. The van der Waals surface area contributed by atoms with Crippen LogP contribution in [-0.2, 0) is 0 Å². The Labute approximate surface area is 485 Å². The first-order valence-corrected chi connectivity index (χ1v) is 28.6. The minimum absolute atomic E-state index is 0.286. The van der Waals surface area contributed by atoms with Crippen LogP contribution < -0.4 is 0 Å². The van der Waals surface area contributed by atoms with Gasteiger partial charge in [-0.2, -0.15) is 0 Å². The lowest BCUT2D eigenvalue weighted by Gasteiger charge is -2.29. The van der Waals surface area contributed by atoms with E-state index in [1.54, 1.807) is 0 Å². The van der Waals surface area contributed by atoms with Gasteiger partial charge in [0.05, 0.1) is 64.6 Å². The smallest absolute Gasteiger partial charge is 0.0793 e. The average molecular weight is 1170 g/mol. The second-order valence-corrected chi connectivity index (χ2v) is 23.1. The molecule has 8 aromatic rings. The Morgan fingerprint density at radius 1 is 0.224 bits per heavy atom. The zero-order valence-electron chi connectivity index (χ0n) is 41.3.